The van der Waals surface area contributed by atoms with Crippen molar-refractivity contribution < 1.29 is 19.4 Å². The maximum atomic E-state index is 11.9. The fourth-order valence-electron chi connectivity index (χ4n) is 3.17. The molecular weight excluding hydrogens is 430 g/mol. The highest BCUT2D eigenvalue weighted by atomic mass is 16.5. The number of ketones is 2. The van der Waals surface area contributed by atoms with Crippen molar-refractivity contribution in [2.45, 2.75) is 6.92 Å². The number of phenolic OH excluding ortho intramolecular Hbond substituents is 1. The molecule has 3 aromatic carbocycles. The van der Waals surface area contributed by atoms with Gasteiger partial charge in [0.2, 0.25) is 11.6 Å². The Hall–Kier alpha value is -4.65. The molecule has 34 heavy (non-hydrogen) atoms. The molecule has 7 nitrogen and oxygen atoms in total. The lowest BCUT2D eigenvalue weighted by Crippen LogP contribution is -2.21. The second-order valence-electron chi connectivity index (χ2n) is 7.54. The van der Waals surface area contributed by atoms with Crippen LogP contribution in [0.5, 0.6) is 11.5 Å². The van der Waals surface area contributed by atoms with Crippen molar-refractivity contribution in [2.75, 3.05) is 6.61 Å². The summed E-state index contributed by atoms with van der Waals surface area (Å²) >= 11 is 0. The SMILES string of the molecule is C=C(C)C(=O)C(=O)COc1ccc(-c2nc(-c3ccccc3)nc(-c3ccccc3)n2)c(O)c1. The van der Waals surface area contributed by atoms with Crippen molar-refractivity contribution in [2.24, 2.45) is 0 Å². The monoisotopic (exact) mass is 451 g/mol. The zero-order valence-corrected chi connectivity index (χ0v) is 18.4. The van der Waals surface area contributed by atoms with E-state index < -0.39 is 18.2 Å². The summed E-state index contributed by atoms with van der Waals surface area (Å²) in [5.41, 5.74) is 2.13. The van der Waals surface area contributed by atoms with Gasteiger partial charge in [0.05, 0.1) is 5.56 Å². The summed E-state index contributed by atoms with van der Waals surface area (Å²) in [7, 11) is 0. The van der Waals surface area contributed by atoms with Crippen LogP contribution in [0.2, 0.25) is 0 Å². The lowest BCUT2D eigenvalue weighted by Gasteiger charge is -2.11. The van der Waals surface area contributed by atoms with Gasteiger partial charge in [-0.2, -0.15) is 0 Å². The first-order valence-corrected chi connectivity index (χ1v) is 10.5. The average Bonchev–Trinajstić information content (AvgIpc) is 2.87. The van der Waals surface area contributed by atoms with Crippen molar-refractivity contribution in [3.63, 3.8) is 0 Å². The smallest absolute Gasteiger partial charge is 0.240 e. The molecule has 0 unspecified atom stereocenters. The standard InChI is InChI=1S/C27H21N3O4/c1-17(2)24(33)23(32)16-34-20-13-14-21(22(31)15-20)27-29-25(18-9-5-3-6-10-18)28-26(30-27)19-11-7-4-8-12-19/h3-15,31H,1,16H2,2H3. The van der Waals surface area contributed by atoms with Crippen LogP contribution in [0.4, 0.5) is 0 Å². The molecule has 0 radical (unpaired) electrons. The second-order valence-corrected chi connectivity index (χ2v) is 7.54. The van der Waals surface area contributed by atoms with E-state index in [0.29, 0.717) is 17.2 Å². The van der Waals surface area contributed by atoms with Crippen LogP contribution in [-0.2, 0) is 9.59 Å². The van der Waals surface area contributed by atoms with Crippen LogP contribution in [0.3, 0.4) is 0 Å². The van der Waals surface area contributed by atoms with Gasteiger partial charge in [0, 0.05) is 17.2 Å². The maximum Gasteiger partial charge on any atom is 0.240 e. The highest BCUT2D eigenvalue weighted by Crippen LogP contribution is 2.32. The molecule has 0 spiro atoms. The predicted molar refractivity (Wildman–Crippen MR) is 128 cm³/mol. The summed E-state index contributed by atoms with van der Waals surface area (Å²) in [6.45, 7) is 4.47. The van der Waals surface area contributed by atoms with Crippen molar-refractivity contribution in [3.05, 3.63) is 91.0 Å². The Balaban J connectivity index is 1.69. The molecule has 0 fully saturated rings. The number of aromatic hydroxyl groups is 1. The van der Waals surface area contributed by atoms with E-state index in [0.717, 1.165) is 11.1 Å². The molecule has 0 aliphatic carbocycles. The molecule has 0 saturated carbocycles. The summed E-state index contributed by atoms with van der Waals surface area (Å²) in [6, 6.07) is 23.5. The molecule has 0 aliphatic heterocycles. The molecule has 7 heteroatoms. The van der Waals surface area contributed by atoms with Gasteiger partial charge in [-0.15, -0.1) is 0 Å². The molecule has 1 heterocycles. The van der Waals surface area contributed by atoms with Gasteiger partial charge >= 0.3 is 0 Å². The number of ether oxygens (including phenoxy) is 1. The summed E-state index contributed by atoms with van der Waals surface area (Å²) < 4.78 is 5.37. The van der Waals surface area contributed by atoms with Crippen molar-refractivity contribution in [1.82, 2.24) is 15.0 Å². The number of nitrogens with zero attached hydrogens (tertiary/aromatic N) is 3. The first kappa shape index (κ1) is 22.5. The van der Waals surface area contributed by atoms with E-state index in [2.05, 4.69) is 21.5 Å². The first-order valence-electron chi connectivity index (χ1n) is 10.5. The Morgan fingerprint density at radius 1 is 0.824 bits per heavy atom. The Morgan fingerprint density at radius 3 is 1.85 bits per heavy atom. The Labute approximate surface area is 196 Å². The van der Waals surface area contributed by atoms with Crippen LogP contribution >= 0.6 is 0 Å². The van der Waals surface area contributed by atoms with Crippen LogP contribution < -0.4 is 4.74 Å². The number of aromatic nitrogens is 3. The first-order chi connectivity index (χ1) is 16.4. The van der Waals surface area contributed by atoms with Crippen LogP contribution in [0.1, 0.15) is 6.92 Å². The van der Waals surface area contributed by atoms with E-state index in [1.54, 1.807) is 12.1 Å². The largest absolute Gasteiger partial charge is 0.507 e. The highest BCUT2D eigenvalue weighted by Gasteiger charge is 2.17. The molecule has 0 atom stereocenters. The third-order valence-electron chi connectivity index (χ3n) is 4.92. The van der Waals surface area contributed by atoms with E-state index in [4.69, 9.17) is 4.74 Å². The summed E-state index contributed by atoms with van der Waals surface area (Å²) in [4.78, 5) is 37.3. The third kappa shape index (κ3) is 5.05. The third-order valence-corrected chi connectivity index (χ3v) is 4.92. The van der Waals surface area contributed by atoms with Crippen LogP contribution in [0, 0.1) is 0 Å². The number of phenols is 1. The lowest BCUT2D eigenvalue weighted by atomic mass is 10.1. The van der Waals surface area contributed by atoms with E-state index in [-0.39, 0.29) is 22.9 Å². The van der Waals surface area contributed by atoms with Gasteiger partial charge in [-0.1, -0.05) is 67.2 Å². The Bertz CT molecular complexity index is 1310. The van der Waals surface area contributed by atoms with Gasteiger partial charge in [0.15, 0.2) is 24.1 Å². The van der Waals surface area contributed by atoms with Crippen molar-refractivity contribution >= 4 is 11.6 Å². The zero-order chi connectivity index (χ0) is 24.1. The normalized spacial score (nSPS) is 10.5. The zero-order valence-electron chi connectivity index (χ0n) is 18.4. The maximum absolute atomic E-state index is 11.9. The van der Waals surface area contributed by atoms with E-state index >= 15 is 0 Å². The quantitative estimate of drug-likeness (QED) is 0.307. The minimum absolute atomic E-state index is 0.139. The second kappa shape index (κ2) is 9.87. The lowest BCUT2D eigenvalue weighted by molar-refractivity contribution is -0.135. The minimum Gasteiger partial charge on any atom is -0.507 e. The van der Waals surface area contributed by atoms with E-state index in [9.17, 15) is 14.7 Å². The molecule has 1 aromatic heterocycles. The number of carbonyl (C=O) groups is 2. The summed E-state index contributed by atoms with van der Waals surface area (Å²) in [5.74, 6) is -0.0990. The number of rotatable bonds is 8. The van der Waals surface area contributed by atoms with Gasteiger partial charge in [-0.25, -0.2) is 15.0 Å². The molecule has 168 valence electrons. The number of Topliss-reactive ketones (excluding diaryl/α,β-unsaturated/α-hetero) is 2. The van der Waals surface area contributed by atoms with Gasteiger partial charge in [0.1, 0.15) is 11.5 Å². The minimum atomic E-state index is -0.714. The summed E-state index contributed by atoms with van der Waals surface area (Å²) in [5, 5.41) is 10.7. The van der Waals surface area contributed by atoms with E-state index in [1.807, 2.05) is 60.7 Å². The molecule has 1 N–H and O–H groups in total. The number of hydrogen-bond acceptors (Lipinski definition) is 7. The number of benzene rings is 3. The Kier molecular flexibility index (Phi) is 6.54. The fraction of sp³-hybridized carbons (Fsp3) is 0.0741. The van der Waals surface area contributed by atoms with Gasteiger partial charge < -0.3 is 9.84 Å². The van der Waals surface area contributed by atoms with E-state index in [1.165, 1.54) is 13.0 Å². The molecule has 0 aliphatic rings. The van der Waals surface area contributed by atoms with Gasteiger partial charge in [-0.3, -0.25) is 9.59 Å². The number of hydrogen-bond donors (Lipinski definition) is 1. The molecule has 0 amide bonds. The molecule has 0 bridgehead atoms. The summed E-state index contributed by atoms with van der Waals surface area (Å²) in [6.07, 6.45) is 0. The van der Waals surface area contributed by atoms with Crippen LogP contribution in [0.25, 0.3) is 34.2 Å². The average molecular weight is 451 g/mol. The molecular formula is C27H21N3O4. The number of carbonyl (C=O) groups excluding carboxylic acids is 2. The highest BCUT2D eigenvalue weighted by molar-refractivity contribution is 6.43. The number of allylic oxidation sites excluding steroid dienone is 1. The molecule has 0 saturated heterocycles. The van der Waals surface area contributed by atoms with Gasteiger partial charge in [-0.05, 0) is 24.6 Å². The molecule has 4 aromatic rings. The van der Waals surface area contributed by atoms with Crippen molar-refractivity contribution in [1.29, 1.82) is 0 Å². The van der Waals surface area contributed by atoms with Gasteiger partial charge in [0.25, 0.3) is 0 Å². The predicted octanol–water partition coefficient (Wildman–Crippen LogP) is 4.67. The topological polar surface area (TPSA) is 102 Å². The van der Waals surface area contributed by atoms with Crippen LogP contribution in [0.15, 0.2) is 91.0 Å². The fourth-order valence-corrected chi connectivity index (χ4v) is 3.17. The van der Waals surface area contributed by atoms with Crippen molar-refractivity contribution in [3.8, 4) is 45.7 Å². The Morgan fingerprint density at radius 2 is 1.35 bits per heavy atom. The van der Waals surface area contributed by atoms with Crippen LogP contribution in [-0.4, -0.2) is 38.2 Å². The molecule has 4 rings (SSSR count).